The molecule has 4 rings (SSSR count). The Balaban J connectivity index is 1.34. The molecule has 0 radical (unpaired) electrons. The van der Waals surface area contributed by atoms with Crippen LogP contribution >= 0.6 is 0 Å². The summed E-state index contributed by atoms with van der Waals surface area (Å²) >= 11 is 0. The van der Waals surface area contributed by atoms with Gasteiger partial charge in [0.25, 0.3) is 5.91 Å². The maximum absolute atomic E-state index is 12.8. The van der Waals surface area contributed by atoms with Crippen molar-refractivity contribution >= 4 is 29.4 Å². The second kappa shape index (κ2) is 7.28. The number of imide groups is 1. The summed E-state index contributed by atoms with van der Waals surface area (Å²) < 4.78 is 5.10. The predicted molar refractivity (Wildman–Crippen MR) is 105 cm³/mol. The first-order valence-corrected chi connectivity index (χ1v) is 10.2. The topological polar surface area (TPSA) is 92.8 Å². The lowest BCUT2D eigenvalue weighted by Gasteiger charge is -2.23. The van der Waals surface area contributed by atoms with Gasteiger partial charge in [-0.25, -0.2) is 4.79 Å². The smallest absolute Gasteiger partial charge is 0.329 e. The van der Waals surface area contributed by atoms with Crippen molar-refractivity contribution in [3.8, 4) is 0 Å². The van der Waals surface area contributed by atoms with Gasteiger partial charge < -0.3 is 10.1 Å². The first kappa shape index (κ1) is 19.6. The highest BCUT2D eigenvalue weighted by Gasteiger charge is 2.62. The summed E-state index contributed by atoms with van der Waals surface area (Å²) in [4.78, 5) is 51.2. The summed E-state index contributed by atoms with van der Waals surface area (Å²) in [6, 6.07) is 4.60. The number of benzene rings is 1. The molecule has 2 saturated carbocycles. The number of fused-ring (bicyclic) bond motifs is 5. The number of carbonyl (C=O) groups is 4. The lowest BCUT2D eigenvalue weighted by Crippen LogP contribution is -2.45. The van der Waals surface area contributed by atoms with Gasteiger partial charge in [0.1, 0.15) is 6.04 Å². The quantitative estimate of drug-likeness (QED) is 0.606. The Bertz CT molecular complexity index is 867. The summed E-state index contributed by atoms with van der Waals surface area (Å²) in [5.41, 5.74) is 2.64. The van der Waals surface area contributed by atoms with E-state index in [9.17, 15) is 19.2 Å². The van der Waals surface area contributed by atoms with Gasteiger partial charge in [-0.2, -0.15) is 0 Å². The second-order valence-corrected chi connectivity index (χ2v) is 8.58. The van der Waals surface area contributed by atoms with Gasteiger partial charge in [-0.15, -0.1) is 0 Å². The third-order valence-electron chi connectivity index (χ3n) is 6.69. The van der Waals surface area contributed by atoms with Crippen LogP contribution in [-0.4, -0.2) is 41.2 Å². The van der Waals surface area contributed by atoms with Crippen LogP contribution in [0.4, 0.5) is 5.69 Å². The molecule has 3 fully saturated rings. The van der Waals surface area contributed by atoms with Crippen LogP contribution in [0, 0.1) is 37.5 Å². The number of carbonyl (C=O) groups excluding carboxylic acids is 4. The Kier molecular flexibility index (Phi) is 4.92. The molecule has 1 heterocycles. The Morgan fingerprint density at radius 3 is 2.34 bits per heavy atom. The standard InChI is InChI=1S/C22H26N2O5/c1-11-4-7-16(12(2)8-11)23-17(25)10-29-22(28)13(3)24-20(26)18-14-5-6-15(9-14)19(18)21(24)27/h4,7-8,13-15,18-19H,5-6,9-10H2,1-3H3,(H,23,25)/t13-,14-,15-,18-,19+/m0/s1. The number of amides is 3. The number of hydrogen-bond acceptors (Lipinski definition) is 5. The fourth-order valence-corrected chi connectivity index (χ4v) is 5.32. The molecule has 0 spiro atoms. The fraction of sp³-hybridized carbons (Fsp3) is 0.545. The molecule has 2 aliphatic carbocycles. The Labute approximate surface area is 169 Å². The van der Waals surface area contributed by atoms with Crippen molar-refractivity contribution in [2.75, 3.05) is 11.9 Å². The second-order valence-electron chi connectivity index (χ2n) is 8.58. The monoisotopic (exact) mass is 398 g/mol. The van der Waals surface area contributed by atoms with Crippen LogP contribution < -0.4 is 5.32 Å². The molecule has 2 bridgehead atoms. The molecule has 3 amide bonds. The van der Waals surface area contributed by atoms with E-state index in [4.69, 9.17) is 4.74 Å². The Hall–Kier alpha value is -2.70. The predicted octanol–water partition coefficient (Wildman–Crippen LogP) is 2.20. The van der Waals surface area contributed by atoms with Gasteiger partial charge in [-0.3, -0.25) is 19.3 Å². The van der Waals surface area contributed by atoms with Crippen LogP contribution in [0.3, 0.4) is 0 Å². The van der Waals surface area contributed by atoms with Crippen molar-refractivity contribution in [3.05, 3.63) is 29.3 Å². The lowest BCUT2D eigenvalue weighted by atomic mass is 9.81. The van der Waals surface area contributed by atoms with E-state index >= 15 is 0 Å². The first-order valence-electron chi connectivity index (χ1n) is 10.2. The van der Waals surface area contributed by atoms with E-state index in [1.54, 1.807) is 6.07 Å². The molecule has 1 saturated heterocycles. The van der Waals surface area contributed by atoms with Crippen LogP contribution in [0.2, 0.25) is 0 Å². The van der Waals surface area contributed by atoms with Crippen LogP contribution in [0.25, 0.3) is 0 Å². The maximum atomic E-state index is 12.8. The highest BCUT2D eigenvalue weighted by Crippen LogP contribution is 2.56. The number of esters is 1. The van der Waals surface area contributed by atoms with E-state index in [0.717, 1.165) is 35.3 Å². The number of nitrogens with one attached hydrogen (secondary N) is 1. The third-order valence-corrected chi connectivity index (χ3v) is 6.69. The molecule has 0 aromatic heterocycles. The number of aryl methyl sites for hydroxylation is 2. The van der Waals surface area contributed by atoms with E-state index in [-0.39, 0.29) is 35.5 Å². The van der Waals surface area contributed by atoms with Crippen LogP contribution in [0.1, 0.15) is 37.3 Å². The summed E-state index contributed by atoms with van der Waals surface area (Å²) in [5.74, 6) is -1.74. The van der Waals surface area contributed by atoms with Crippen molar-refractivity contribution in [2.24, 2.45) is 23.7 Å². The molecule has 7 heteroatoms. The molecular weight excluding hydrogens is 372 g/mol. The lowest BCUT2D eigenvalue weighted by molar-refractivity contribution is -0.159. The van der Waals surface area contributed by atoms with Crippen molar-refractivity contribution in [3.63, 3.8) is 0 Å². The average molecular weight is 398 g/mol. The zero-order valence-corrected chi connectivity index (χ0v) is 16.9. The molecule has 5 atom stereocenters. The number of ether oxygens (including phenoxy) is 1. The molecule has 154 valence electrons. The Morgan fingerprint density at radius 1 is 1.14 bits per heavy atom. The average Bonchev–Trinajstić information content (AvgIpc) is 3.35. The zero-order chi connectivity index (χ0) is 20.9. The van der Waals surface area contributed by atoms with E-state index in [0.29, 0.717) is 5.69 Å². The van der Waals surface area contributed by atoms with Gasteiger partial charge in [-0.05, 0) is 63.5 Å². The summed E-state index contributed by atoms with van der Waals surface area (Å²) in [6.45, 7) is 4.86. The van der Waals surface area contributed by atoms with Gasteiger partial charge in [0.15, 0.2) is 6.61 Å². The van der Waals surface area contributed by atoms with Gasteiger partial charge in [0, 0.05) is 5.69 Å². The first-order chi connectivity index (χ1) is 13.8. The Morgan fingerprint density at radius 2 is 1.76 bits per heavy atom. The van der Waals surface area contributed by atoms with E-state index in [1.165, 1.54) is 6.92 Å². The van der Waals surface area contributed by atoms with Crippen molar-refractivity contribution in [2.45, 2.75) is 46.1 Å². The maximum Gasteiger partial charge on any atom is 0.329 e. The van der Waals surface area contributed by atoms with Crippen LogP contribution in [-0.2, 0) is 23.9 Å². The van der Waals surface area contributed by atoms with Gasteiger partial charge in [0.05, 0.1) is 11.8 Å². The number of likely N-dealkylation sites (tertiary alicyclic amines) is 1. The van der Waals surface area contributed by atoms with E-state index in [1.807, 2.05) is 26.0 Å². The fourth-order valence-electron chi connectivity index (χ4n) is 5.32. The number of anilines is 1. The van der Waals surface area contributed by atoms with Crippen molar-refractivity contribution in [1.29, 1.82) is 0 Å². The minimum atomic E-state index is -1.02. The molecule has 0 unspecified atom stereocenters. The number of nitrogens with zero attached hydrogens (tertiary/aromatic N) is 1. The highest BCUT2D eigenvalue weighted by atomic mass is 16.5. The number of rotatable bonds is 5. The van der Waals surface area contributed by atoms with Crippen LogP contribution in [0.15, 0.2) is 18.2 Å². The number of hydrogen-bond donors (Lipinski definition) is 1. The molecule has 1 N–H and O–H groups in total. The summed E-state index contributed by atoms with van der Waals surface area (Å²) in [6.07, 6.45) is 2.91. The molecule has 1 aliphatic heterocycles. The minimum absolute atomic E-state index is 0.253. The highest BCUT2D eigenvalue weighted by molar-refractivity contribution is 6.08. The molecule has 7 nitrogen and oxygen atoms in total. The van der Waals surface area contributed by atoms with E-state index in [2.05, 4.69) is 5.32 Å². The van der Waals surface area contributed by atoms with Gasteiger partial charge >= 0.3 is 5.97 Å². The summed E-state index contributed by atoms with van der Waals surface area (Å²) in [5, 5.41) is 2.71. The molecule has 1 aromatic carbocycles. The third kappa shape index (κ3) is 3.32. The SMILES string of the molecule is Cc1ccc(NC(=O)COC(=O)[C@H](C)N2C(=O)[C@@H]3[C@H]4CC[C@@H](C4)[C@@H]3C2=O)c(C)c1. The molecular formula is C22H26N2O5. The normalized spacial score (nSPS) is 28.4. The molecule has 1 aromatic rings. The zero-order valence-electron chi connectivity index (χ0n) is 16.9. The molecule has 29 heavy (non-hydrogen) atoms. The summed E-state index contributed by atoms with van der Waals surface area (Å²) in [7, 11) is 0. The van der Waals surface area contributed by atoms with Gasteiger partial charge in [0.2, 0.25) is 11.8 Å². The minimum Gasteiger partial charge on any atom is -0.454 e. The van der Waals surface area contributed by atoms with E-state index < -0.39 is 24.5 Å². The van der Waals surface area contributed by atoms with Gasteiger partial charge in [-0.1, -0.05) is 17.7 Å². The van der Waals surface area contributed by atoms with Crippen molar-refractivity contribution in [1.82, 2.24) is 4.90 Å². The van der Waals surface area contributed by atoms with Crippen LogP contribution in [0.5, 0.6) is 0 Å². The largest absolute Gasteiger partial charge is 0.454 e. The molecule has 3 aliphatic rings. The van der Waals surface area contributed by atoms with Crippen molar-refractivity contribution < 1.29 is 23.9 Å².